The normalized spacial score (nSPS) is 19.5. The summed E-state index contributed by atoms with van der Waals surface area (Å²) in [4.78, 5) is 25.7. The molecule has 1 saturated heterocycles. The fraction of sp³-hybridized carbons (Fsp3) is 0.333. The number of rotatable bonds is 2. The molecule has 0 saturated carbocycles. The Morgan fingerprint density at radius 2 is 2.00 bits per heavy atom. The first-order valence-corrected chi connectivity index (χ1v) is 8.81. The molecule has 1 atom stereocenters. The summed E-state index contributed by atoms with van der Waals surface area (Å²) >= 11 is 1.58. The second kappa shape index (κ2) is 5.81. The van der Waals surface area contributed by atoms with Gasteiger partial charge in [0.15, 0.2) is 0 Å². The minimum absolute atomic E-state index is 0.0250. The van der Waals surface area contributed by atoms with Crippen LogP contribution in [0.4, 0.5) is 0 Å². The molecule has 0 radical (unpaired) electrons. The number of benzene rings is 1. The fourth-order valence-electron chi connectivity index (χ4n) is 3.30. The Balaban J connectivity index is 1.54. The maximum atomic E-state index is 12.5. The van der Waals surface area contributed by atoms with Gasteiger partial charge in [-0.3, -0.25) is 9.59 Å². The second-order valence-electron chi connectivity index (χ2n) is 6.14. The van der Waals surface area contributed by atoms with Crippen LogP contribution in [0.15, 0.2) is 30.3 Å². The molecule has 1 aromatic heterocycles. The van der Waals surface area contributed by atoms with E-state index in [4.69, 9.17) is 0 Å². The predicted molar refractivity (Wildman–Crippen MR) is 90.7 cm³/mol. The number of aryl methyl sites for hydroxylation is 2. The summed E-state index contributed by atoms with van der Waals surface area (Å²) in [6, 6.07) is 10.5. The predicted octanol–water partition coefficient (Wildman–Crippen LogP) is 2.52. The highest BCUT2D eigenvalue weighted by Crippen LogP contribution is 2.39. The van der Waals surface area contributed by atoms with E-state index in [2.05, 4.69) is 34.9 Å². The van der Waals surface area contributed by atoms with Crippen molar-refractivity contribution in [3.63, 3.8) is 0 Å². The molecule has 0 bridgehead atoms. The van der Waals surface area contributed by atoms with E-state index < -0.39 is 0 Å². The molecule has 1 unspecified atom stereocenters. The van der Waals surface area contributed by atoms with Gasteiger partial charge in [0, 0.05) is 23.9 Å². The van der Waals surface area contributed by atoms with Crippen LogP contribution in [0.3, 0.4) is 0 Å². The Bertz CT molecular complexity index is 771. The molecular formula is C18H18N2O2S. The lowest BCUT2D eigenvalue weighted by Crippen LogP contribution is -2.47. The highest BCUT2D eigenvalue weighted by atomic mass is 32.1. The largest absolute Gasteiger partial charge is 0.354 e. The first-order valence-electron chi connectivity index (χ1n) is 7.99. The van der Waals surface area contributed by atoms with Crippen molar-refractivity contribution < 1.29 is 9.59 Å². The third-order valence-electron chi connectivity index (χ3n) is 4.56. The van der Waals surface area contributed by atoms with Crippen LogP contribution in [0.1, 0.15) is 33.6 Å². The van der Waals surface area contributed by atoms with Gasteiger partial charge in [-0.25, -0.2) is 0 Å². The fourth-order valence-corrected chi connectivity index (χ4v) is 4.47. The Kier molecular flexibility index (Phi) is 3.65. The minimum atomic E-state index is -0.0250. The number of piperidine rings is 1. The van der Waals surface area contributed by atoms with E-state index in [0.717, 1.165) is 17.7 Å². The minimum Gasteiger partial charge on any atom is -0.354 e. The second-order valence-corrected chi connectivity index (χ2v) is 7.19. The first-order chi connectivity index (χ1) is 11.2. The van der Waals surface area contributed by atoms with Gasteiger partial charge in [-0.05, 0) is 42.0 Å². The monoisotopic (exact) mass is 326 g/mol. The molecule has 2 heterocycles. The Labute approximate surface area is 138 Å². The number of hydrogen-bond acceptors (Lipinski definition) is 3. The molecule has 1 fully saturated rings. The van der Waals surface area contributed by atoms with Gasteiger partial charge in [0.1, 0.15) is 0 Å². The maximum absolute atomic E-state index is 12.5. The van der Waals surface area contributed by atoms with Crippen LogP contribution in [0, 0.1) is 0 Å². The molecular weight excluding hydrogens is 308 g/mol. The molecule has 4 nitrogen and oxygen atoms in total. The summed E-state index contributed by atoms with van der Waals surface area (Å²) in [5.41, 5.74) is 3.90. The molecule has 0 spiro atoms. The molecule has 4 rings (SSSR count). The van der Waals surface area contributed by atoms with E-state index in [9.17, 15) is 9.59 Å². The van der Waals surface area contributed by atoms with Crippen molar-refractivity contribution in [3.8, 4) is 10.4 Å². The van der Waals surface area contributed by atoms with Crippen molar-refractivity contribution in [1.82, 2.24) is 10.6 Å². The summed E-state index contributed by atoms with van der Waals surface area (Å²) in [6.45, 7) is 0.526. The zero-order valence-electron chi connectivity index (χ0n) is 12.7. The maximum Gasteiger partial charge on any atom is 0.261 e. The van der Waals surface area contributed by atoms with Crippen molar-refractivity contribution in [3.05, 3.63) is 46.3 Å². The number of fused-ring (bicyclic) bond motifs is 3. The van der Waals surface area contributed by atoms with Crippen LogP contribution in [0.25, 0.3) is 10.4 Å². The summed E-state index contributed by atoms with van der Waals surface area (Å²) < 4.78 is 0. The van der Waals surface area contributed by atoms with E-state index in [-0.39, 0.29) is 17.9 Å². The number of carbonyl (C=O) groups is 2. The Hall–Kier alpha value is -2.14. The third kappa shape index (κ3) is 2.77. The molecule has 118 valence electrons. The van der Waals surface area contributed by atoms with E-state index in [0.29, 0.717) is 19.4 Å². The number of carbonyl (C=O) groups excluding carboxylic acids is 2. The SMILES string of the molecule is O=C1CCC(NC(=O)c2cc3c(s2)-c2ccccc2CC3)CN1. The quantitative estimate of drug-likeness (QED) is 0.891. The van der Waals surface area contributed by atoms with Crippen molar-refractivity contribution in [2.75, 3.05) is 6.54 Å². The summed E-state index contributed by atoms with van der Waals surface area (Å²) in [6.07, 6.45) is 3.23. The summed E-state index contributed by atoms with van der Waals surface area (Å²) in [5, 5.41) is 5.85. The topological polar surface area (TPSA) is 58.2 Å². The Morgan fingerprint density at radius 3 is 2.83 bits per heavy atom. The molecule has 1 aromatic carbocycles. The third-order valence-corrected chi connectivity index (χ3v) is 5.77. The highest BCUT2D eigenvalue weighted by Gasteiger charge is 2.24. The highest BCUT2D eigenvalue weighted by molar-refractivity contribution is 7.17. The molecule has 1 aliphatic heterocycles. The van der Waals surface area contributed by atoms with E-state index in [1.165, 1.54) is 21.6 Å². The van der Waals surface area contributed by atoms with Crippen LogP contribution in [0.2, 0.25) is 0 Å². The summed E-state index contributed by atoms with van der Waals surface area (Å²) in [5.74, 6) is 0.0433. The lowest BCUT2D eigenvalue weighted by atomic mass is 9.91. The lowest BCUT2D eigenvalue weighted by Gasteiger charge is -2.23. The molecule has 2 aliphatic rings. The van der Waals surface area contributed by atoms with Crippen molar-refractivity contribution in [2.24, 2.45) is 0 Å². The van der Waals surface area contributed by atoms with Crippen LogP contribution in [-0.2, 0) is 17.6 Å². The van der Waals surface area contributed by atoms with Crippen molar-refractivity contribution in [2.45, 2.75) is 31.7 Å². The smallest absolute Gasteiger partial charge is 0.261 e. The lowest BCUT2D eigenvalue weighted by molar-refractivity contribution is -0.122. The number of amides is 2. The molecule has 2 amide bonds. The number of hydrogen-bond donors (Lipinski definition) is 2. The Morgan fingerprint density at radius 1 is 1.17 bits per heavy atom. The standard InChI is InChI=1S/C18H18N2O2S/c21-16-8-7-13(10-19-16)20-18(22)15-9-12-6-5-11-3-1-2-4-14(11)17(12)23-15/h1-4,9,13H,5-8,10H2,(H,19,21)(H,20,22). The molecule has 23 heavy (non-hydrogen) atoms. The first kappa shape index (κ1) is 14.5. The van der Waals surface area contributed by atoms with Crippen LogP contribution in [-0.4, -0.2) is 24.4 Å². The number of nitrogens with one attached hydrogen (secondary N) is 2. The van der Waals surface area contributed by atoms with E-state index in [1.54, 1.807) is 11.3 Å². The van der Waals surface area contributed by atoms with Crippen LogP contribution in [0.5, 0.6) is 0 Å². The van der Waals surface area contributed by atoms with Gasteiger partial charge in [-0.15, -0.1) is 11.3 Å². The van der Waals surface area contributed by atoms with Gasteiger partial charge in [0.05, 0.1) is 4.88 Å². The molecule has 2 aromatic rings. The van der Waals surface area contributed by atoms with E-state index >= 15 is 0 Å². The van der Waals surface area contributed by atoms with Crippen LogP contribution >= 0.6 is 11.3 Å². The zero-order valence-corrected chi connectivity index (χ0v) is 13.5. The van der Waals surface area contributed by atoms with Gasteiger partial charge in [0.25, 0.3) is 5.91 Å². The van der Waals surface area contributed by atoms with Gasteiger partial charge >= 0.3 is 0 Å². The van der Waals surface area contributed by atoms with E-state index in [1.807, 2.05) is 6.07 Å². The van der Waals surface area contributed by atoms with Gasteiger partial charge < -0.3 is 10.6 Å². The molecule has 2 N–H and O–H groups in total. The van der Waals surface area contributed by atoms with Crippen molar-refractivity contribution >= 4 is 23.2 Å². The zero-order chi connectivity index (χ0) is 15.8. The number of thiophene rings is 1. The van der Waals surface area contributed by atoms with Gasteiger partial charge in [0.2, 0.25) is 5.91 Å². The van der Waals surface area contributed by atoms with Crippen molar-refractivity contribution in [1.29, 1.82) is 0 Å². The average molecular weight is 326 g/mol. The van der Waals surface area contributed by atoms with Gasteiger partial charge in [-0.2, -0.15) is 0 Å². The molecule has 5 heteroatoms. The summed E-state index contributed by atoms with van der Waals surface area (Å²) in [7, 11) is 0. The molecule has 1 aliphatic carbocycles. The van der Waals surface area contributed by atoms with Gasteiger partial charge in [-0.1, -0.05) is 24.3 Å². The average Bonchev–Trinajstić information content (AvgIpc) is 3.02. The van der Waals surface area contributed by atoms with Crippen LogP contribution < -0.4 is 10.6 Å².